The van der Waals surface area contributed by atoms with Gasteiger partial charge in [0.15, 0.2) is 0 Å². The molecule has 0 unspecified atom stereocenters. The molecule has 2 N–H and O–H groups in total. The Labute approximate surface area is 132 Å². The molecule has 0 saturated carbocycles. The van der Waals surface area contributed by atoms with Gasteiger partial charge in [-0.3, -0.25) is 9.59 Å². The van der Waals surface area contributed by atoms with Crippen molar-refractivity contribution in [2.75, 3.05) is 6.54 Å². The molecule has 4 nitrogen and oxygen atoms in total. The molecule has 0 fully saturated rings. The first-order valence-corrected chi connectivity index (χ1v) is 7.52. The van der Waals surface area contributed by atoms with Crippen LogP contribution in [0.25, 0.3) is 10.8 Å². The maximum atomic E-state index is 12.0. The summed E-state index contributed by atoms with van der Waals surface area (Å²) in [5.41, 5.74) is 0.544. The number of carbonyl (C=O) groups excluding carboxylic acids is 2. The van der Waals surface area contributed by atoms with Crippen LogP contribution < -0.4 is 10.6 Å². The molecule has 0 aliphatic heterocycles. The number of halogens is 1. The van der Waals surface area contributed by atoms with Crippen LogP contribution in [-0.2, 0) is 4.79 Å². The number of nitrogens with one attached hydrogen (secondary N) is 2. The summed E-state index contributed by atoms with van der Waals surface area (Å²) in [6.07, 6.45) is 0. The monoisotopic (exact) mass is 348 g/mol. The summed E-state index contributed by atoms with van der Waals surface area (Å²) in [6.45, 7) is 3.73. The van der Waals surface area contributed by atoms with E-state index in [9.17, 15) is 9.59 Å². The molecule has 5 heteroatoms. The molecular weight excluding hydrogens is 332 g/mol. The Balaban J connectivity index is 2.06. The fraction of sp³-hybridized carbons (Fsp3) is 0.250. The van der Waals surface area contributed by atoms with Crippen molar-refractivity contribution in [1.82, 2.24) is 10.6 Å². The quantitative estimate of drug-likeness (QED) is 0.892. The van der Waals surface area contributed by atoms with Crippen LogP contribution in [0, 0.1) is 0 Å². The topological polar surface area (TPSA) is 58.2 Å². The van der Waals surface area contributed by atoms with Crippen LogP contribution in [0.5, 0.6) is 0 Å². The minimum Gasteiger partial charge on any atom is -0.352 e. The average Bonchev–Trinajstić information content (AvgIpc) is 2.43. The van der Waals surface area contributed by atoms with Gasteiger partial charge < -0.3 is 10.6 Å². The maximum absolute atomic E-state index is 12.0. The van der Waals surface area contributed by atoms with Crippen LogP contribution in [0.4, 0.5) is 0 Å². The number of amides is 2. The Morgan fingerprint density at radius 2 is 1.76 bits per heavy atom. The van der Waals surface area contributed by atoms with Crippen LogP contribution in [0.3, 0.4) is 0 Å². The van der Waals surface area contributed by atoms with Crippen LogP contribution in [-0.4, -0.2) is 24.4 Å². The fourth-order valence-electron chi connectivity index (χ4n) is 1.99. The Kier molecular flexibility index (Phi) is 4.96. The van der Waals surface area contributed by atoms with Crippen molar-refractivity contribution in [2.24, 2.45) is 0 Å². The molecule has 2 amide bonds. The zero-order valence-corrected chi connectivity index (χ0v) is 13.5. The largest absolute Gasteiger partial charge is 0.352 e. The lowest BCUT2D eigenvalue weighted by Gasteiger charge is -2.09. The predicted molar refractivity (Wildman–Crippen MR) is 87.3 cm³/mol. The van der Waals surface area contributed by atoms with Crippen LogP contribution in [0.15, 0.2) is 40.9 Å². The molecule has 21 heavy (non-hydrogen) atoms. The Bertz CT molecular complexity index is 683. The Morgan fingerprint density at radius 3 is 2.48 bits per heavy atom. The van der Waals surface area contributed by atoms with Gasteiger partial charge in [-0.1, -0.05) is 28.1 Å². The van der Waals surface area contributed by atoms with Gasteiger partial charge >= 0.3 is 0 Å². The number of benzene rings is 2. The first-order chi connectivity index (χ1) is 9.95. The zero-order valence-electron chi connectivity index (χ0n) is 11.9. The summed E-state index contributed by atoms with van der Waals surface area (Å²) in [5, 5.41) is 7.38. The van der Waals surface area contributed by atoms with Gasteiger partial charge in [-0.05, 0) is 48.9 Å². The van der Waals surface area contributed by atoms with E-state index in [4.69, 9.17) is 0 Å². The highest BCUT2D eigenvalue weighted by molar-refractivity contribution is 9.10. The van der Waals surface area contributed by atoms with E-state index in [1.165, 1.54) is 0 Å². The van der Waals surface area contributed by atoms with Crippen molar-refractivity contribution in [2.45, 2.75) is 19.9 Å². The van der Waals surface area contributed by atoms with Crippen LogP contribution in [0.2, 0.25) is 0 Å². The lowest BCUT2D eigenvalue weighted by Crippen LogP contribution is -2.39. The van der Waals surface area contributed by atoms with Gasteiger partial charge in [-0.15, -0.1) is 0 Å². The second-order valence-corrected chi connectivity index (χ2v) is 6.03. The molecule has 0 atom stereocenters. The van der Waals surface area contributed by atoms with Gasteiger partial charge in [-0.2, -0.15) is 0 Å². The zero-order chi connectivity index (χ0) is 15.4. The average molecular weight is 349 g/mol. The van der Waals surface area contributed by atoms with Gasteiger partial charge in [0.25, 0.3) is 5.91 Å². The molecule has 2 aromatic carbocycles. The van der Waals surface area contributed by atoms with E-state index in [2.05, 4.69) is 26.6 Å². The van der Waals surface area contributed by atoms with E-state index in [0.29, 0.717) is 5.56 Å². The van der Waals surface area contributed by atoms with Crippen molar-refractivity contribution < 1.29 is 9.59 Å². The minimum atomic E-state index is -0.251. The van der Waals surface area contributed by atoms with Gasteiger partial charge in [0.1, 0.15) is 0 Å². The van der Waals surface area contributed by atoms with E-state index >= 15 is 0 Å². The van der Waals surface area contributed by atoms with Crippen LogP contribution in [0.1, 0.15) is 24.2 Å². The second-order valence-electron chi connectivity index (χ2n) is 5.11. The molecule has 110 valence electrons. The summed E-state index contributed by atoms with van der Waals surface area (Å²) in [7, 11) is 0. The summed E-state index contributed by atoms with van der Waals surface area (Å²) in [5.74, 6) is -0.443. The number of hydrogen-bond acceptors (Lipinski definition) is 2. The molecule has 0 radical (unpaired) electrons. The van der Waals surface area contributed by atoms with Crippen molar-refractivity contribution in [3.63, 3.8) is 0 Å². The number of carbonyl (C=O) groups is 2. The highest BCUT2D eigenvalue weighted by Crippen LogP contribution is 2.20. The molecule has 0 aliphatic rings. The molecule has 2 rings (SSSR count). The lowest BCUT2D eigenvalue weighted by molar-refractivity contribution is -0.120. The third-order valence-corrected chi connectivity index (χ3v) is 3.42. The van der Waals surface area contributed by atoms with Crippen LogP contribution >= 0.6 is 15.9 Å². The van der Waals surface area contributed by atoms with Crippen molar-refractivity contribution in [1.29, 1.82) is 0 Å². The normalized spacial score (nSPS) is 10.7. The number of rotatable bonds is 4. The van der Waals surface area contributed by atoms with Crippen molar-refractivity contribution in [3.8, 4) is 0 Å². The second kappa shape index (κ2) is 6.72. The number of hydrogen-bond donors (Lipinski definition) is 2. The summed E-state index contributed by atoms with van der Waals surface area (Å²) >= 11 is 3.42. The maximum Gasteiger partial charge on any atom is 0.251 e. The van der Waals surface area contributed by atoms with E-state index in [1.807, 2.05) is 44.2 Å². The molecule has 0 bridgehead atoms. The number of fused-ring (bicyclic) bond motifs is 1. The summed E-state index contributed by atoms with van der Waals surface area (Å²) < 4.78 is 0.998. The van der Waals surface area contributed by atoms with E-state index in [1.54, 1.807) is 6.07 Å². The highest BCUT2D eigenvalue weighted by atomic mass is 79.9. The van der Waals surface area contributed by atoms with Crippen molar-refractivity contribution >= 4 is 38.5 Å². The standard InChI is InChI=1S/C16H17BrN2O2/c1-10(2)19-15(20)9-18-16(21)13-4-3-12-8-14(17)6-5-11(12)7-13/h3-8,10H,9H2,1-2H3,(H,18,21)(H,19,20). The van der Waals surface area contributed by atoms with E-state index < -0.39 is 0 Å². The van der Waals surface area contributed by atoms with E-state index in [-0.39, 0.29) is 24.4 Å². The molecule has 0 aromatic heterocycles. The molecule has 0 saturated heterocycles. The molecule has 0 aliphatic carbocycles. The molecule has 0 spiro atoms. The Hall–Kier alpha value is -1.88. The summed E-state index contributed by atoms with van der Waals surface area (Å²) in [4.78, 5) is 23.6. The lowest BCUT2D eigenvalue weighted by atomic mass is 10.1. The van der Waals surface area contributed by atoms with Gasteiger partial charge in [-0.25, -0.2) is 0 Å². The fourth-order valence-corrected chi connectivity index (χ4v) is 2.37. The van der Waals surface area contributed by atoms with Crippen molar-refractivity contribution in [3.05, 3.63) is 46.4 Å². The minimum absolute atomic E-state index is 0.0185. The SMILES string of the molecule is CC(C)NC(=O)CNC(=O)c1ccc2cc(Br)ccc2c1. The first-order valence-electron chi connectivity index (χ1n) is 6.72. The first kappa shape index (κ1) is 15.5. The molecule has 0 heterocycles. The predicted octanol–water partition coefficient (Wildman–Crippen LogP) is 2.86. The third-order valence-electron chi connectivity index (χ3n) is 2.92. The molecule has 2 aromatic rings. The van der Waals surface area contributed by atoms with Gasteiger partial charge in [0, 0.05) is 16.1 Å². The highest BCUT2D eigenvalue weighted by Gasteiger charge is 2.09. The van der Waals surface area contributed by atoms with E-state index in [0.717, 1.165) is 15.2 Å². The Morgan fingerprint density at radius 1 is 1.10 bits per heavy atom. The van der Waals surface area contributed by atoms with Gasteiger partial charge in [0.2, 0.25) is 5.91 Å². The summed E-state index contributed by atoms with van der Waals surface area (Å²) in [6, 6.07) is 11.4. The third kappa shape index (κ3) is 4.29. The smallest absolute Gasteiger partial charge is 0.251 e. The molecular formula is C16H17BrN2O2. The van der Waals surface area contributed by atoms with Gasteiger partial charge in [0.05, 0.1) is 6.54 Å².